The van der Waals surface area contributed by atoms with Crippen molar-refractivity contribution in [1.82, 2.24) is 10.2 Å². The molecule has 0 bridgehead atoms. The van der Waals surface area contributed by atoms with Crippen LogP contribution in [0.4, 0.5) is 0 Å². The average molecular weight is 618 g/mol. The minimum absolute atomic E-state index is 0.0646. The highest BCUT2D eigenvalue weighted by Crippen LogP contribution is 2.24. The lowest BCUT2D eigenvalue weighted by Gasteiger charge is -2.28. The molecule has 8 heteroatoms. The van der Waals surface area contributed by atoms with E-state index in [4.69, 9.17) is 5.73 Å². The Kier molecular flexibility index (Phi) is 10.7. The molecule has 37 heavy (non-hydrogen) atoms. The number of halogens is 1. The van der Waals surface area contributed by atoms with E-state index in [1.807, 2.05) is 50.2 Å². The van der Waals surface area contributed by atoms with Gasteiger partial charge < -0.3 is 16.0 Å². The SMILES string of the molecule is CC(C)CC(C(=O)N[C@H]1CCCCN(Cc2cccc(C(=O)c3ccccc3)c2)C1=O)[C@H](CI)C(N)=O. The minimum Gasteiger partial charge on any atom is -0.369 e. The molecule has 3 N–H and O–H groups in total. The zero-order valence-corrected chi connectivity index (χ0v) is 23.6. The highest BCUT2D eigenvalue weighted by atomic mass is 127. The fourth-order valence-corrected chi connectivity index (χ4v) is 5.85. The van der Waals surface area contributed by atoms with Crippen LogP contribution >= 0.6 is 22.6 Å². The number of primary amides is 1. The molecule has 0 saturated carbocycles. The van der Waals surface area contributed by atoms with Gasteiger partial charge in [-0.25, -0.2) is 0 Å². The maximum atomic E-state index is 13.5. The summed E-state index contributed by atoms with van der Waals surface area (Å²) in [5.74, 6) is -1.93. The molecule has 0 radical (unpaired) electrons. The Bertz CT molecular complexity index is 1110. The van der Waals surface area contributed by atoms with E-state index in [0.717, 1.165) is 18.4 Å². The van der Waals surface area contributed by atoms with E-state index < -0.39 is 23.8 Å². The number of nitrogens with zero attached hydrogens (tertiary/aromatic N) is 1. The number of amides is 3. The second-order valence-corrected chi connectivity index (χ2v) is 11.0. The van der Waals surface area contributed by atoms with Gasteiger partial charge in [-0.1, -0.05) is 85.0 Å². The number of nitrogens with one attached hydrogen (secondary N) is 1. The first-order valence-corrected chi connectivity index (χ1v) is 14.4. The van der Waals surface area contributed by atoms with Gasteiger partial charge in [0.05, 0.1) is 11.8 Å². The van der Waals surface area contributed by atoms with Crippen LogP contribution in [0, 0.1) is 17.8 Å². The number of alkyl halides is 1. The van der Waals surface area contributed by atoms with Gasteiger partial charge in [0.2, 0.25) is 17.7 Å². The smallest absolute Gasteiger partial charge is 0.245 e. The lowest BCUT2D eigenvalue weighted by atomic mass is 9.85. The molecule has 1 aliphatic heterocycles. The number of nitrogens with two attached hydrogens (primary N) is 1. The van der Waals surface area contributed by atoms with Crippen molar-refractivity contribution in [1.29, 1.82) is 0 Å². The topological polar surface area (TPSA) is 110 Å². The van der Waals surface area contributed by atoms with Crippen LogP contribution in [0.15, 0.2) is 54.6 Å². The molecule has 2 aromatic carbocycles. The third kappa shape index (κ3) is 7.87. The molecular weight excluding hydrogens is 581 g/mol. The Labute approximate surface area is 232 Å². The summed E-state index contributed by atoms with van der Waals surface area (Å²) < 4.78 is 0.445. The van der Waals surface area contributed by atoms with Crippen LogP contribution in [-0.2, 0) is 20.9 Å². The van der Waals surface area contributed by atoms with Gasteiger partial charge >= 0.3 is 0 Å². The van der Waals surface area contributed by atoms with E-state index in [-0.39, 0.29) is 23.5 Å². The zero-order chi connectivity index (χ0) is 26.9. The summed E-state index contributed by atoms with van der Waals surface area (Å²) in [4.78, 5) is 53.5. The van der Waals surface area contributed by atoms with Crippen molar-refractivity contribution in [3.8, 4) is 0 Å². The van der Waals surface area contributed by atoms with Gasteiger partial charge in [-0.05, 0) is 43.2 Å². The molecule has 2 aromatic rings. The number of ketones is 1. The van der Waals surface area contributed by atoms with Gasteiger partial charge in [-0.15, -0.1) is 0 Å². The minimum atomic E-state index is -0.651. The monoisotopic (exact) mass is 617 g/mol. The molecule has 0 aliphatic carbocycles. The maximum Gasteiger partial charge on any atom is 0.245 e. The molecule has 1 unspecified atom stereocenters. The summed E-state index contributed by atoms with van der Waals surface area (Å²) in [5.41, 5.74) is 7.65. The summed E-state index contributed by atoms with van der Waals surface area (Å²) in [6, 6.07) is 15.8. The molecule has 1 aliphatic rings. The lowest BCUT2D eigenvalue weighted by Crippen LogP contribution is -2.51. The number of carbonyl (C=O) groups is 4. The fourth-order valence-electron chi connectivity index (χ4n) is 4.81. The van der Waals surface area contributed by atoms with Crippen molar-refractivity contribution < 1.29 is 19.2 Å². The van der Waals surface area contributed by atoms with E-state index in [1.54, 1.807) is 23.1 Å². The standard InChI is InChI=1S/C29H36IN3O4/c1-19(2)15-23(24(17-30)27(31)35)28(36)32-25-13-6-7-14-33(29(25)37)18-20-9-8-12-22(16-20)26(34)21-10-4-3-5-11-21/h3-5,8-12,16,19,23-25H,6-7,13-15,17-18H2,1-2H3,(H2,31,35)(H,32,36)/t23?,24-,25-/m0/s1. The van der Waals surface area contributed by atoms with Crippen molar-refractivity contribution in [2.45, 2.75) is 52.1 Å². The van der Waals surface area contributed by atoms with E-state index in [0.29, 0.717) is 41.5 Å². The molecule has 7 nitrogen and oxygen atoms in total. The Hall–Kier alpha value is -2.75. The predicted molar refractivity (Wildman–Crippen MR) is 152 cm³/mol. The molecule has 1 saturated heterocycles. The zero-order valence-electron chi connectivity index (χ0n) is 21.5. The Morgan fingerprint density at radius 2 is 1.73 bits per heavy atom. The van der Waals surface area contributed by atoms with E-state index >= 15 is 0 Å². The first-order chi connectivity index (χ1) is 17.7. The van der Waals surface area contributed by atoms with Gasteiger partial charge in [0.1, 0.15) is 6.04 Å². The number of rotatable bonds is 11. The van der Waals surface area contributed by atoms with Crippen LogP contribution in [0.5, 0.6) is 0 Å². The highest BCUT2D eigenvalue weighted by Gasteiger charge is 2.35. The van der Waals surface area contributed by atoms with Crippen molar-refractivity contribution in [3.63, 3.8) is 0 Å². The van der Waals surface area contributed by atoms with Crippen LogP contribution in [0.1, 0.15) is 61.0 Å². The van der Waals surface area contributed by atoms with Gasteiger partial charge in [0.25, 0.3) is 0 Å². The summed E-state index contributed by atoms with van der Waals surface area (Å²) in [6.45, 7) is 4.94. The Morgan fingerprint density at radius 3 is 2.38 bits per heavy atom. The highest BCUT2D eigenvalue weighted by molar-refractivity contribution is 14.1. The van der Waals surface area contributed by atoms with Crippen LogP contribution in [0.2, 0.25) is 0 Å². The van der Waals surface area contributed by atoms with Crippen LogP contribution < -0.4 is 11.1 Å². The Balaban J connectivity index is 1.74. The number of likely N-dealkylation sites (tertiary alicyclic amines) is 1. The molecule has 0 aromatic heterocycles. The second-order valence-electron chi connectivity index (χ2n) is 10.1. The average Bonchev–Trinajstić information content (AvgIpc) is 3.04. The first kappa shape index (κ1) is 28.8. The van der Waals surface area contributed by atoms with Gasteiger partial charge in [-0.3, -0.25) is 19.2 Å². The molecular formula is C29H36IN3O4. The molecule has 3 atom stereocenters. The van der Waals surface area contributed by atoms with Crippen LogP contribution in [0.3, 0.4) is 0 Å². The van der Waals surface area contributed by atoms with Crippen molar-refractivity contribution in [3.05, 3.63) is 71.3 Å². The number of carbonyl (C=O) groups excluding carboxylic acids is 4. The third-order valence-corrected chi connectivity index (χ3v) is 7.72. The third-order valence-electron chi connectivity index (χ3n) is 6.78. The predicted octanol–water partition coefficient (Wildman–Crippen LogP) is 4.11. The molecule has 198 valence electrons. The summed E-state index contributed by atoms with van der Waals surface area (Å²) in [6.07, 6.45) is 2.71. The maximum absolute atomic E-state index is 13.5. The van der Waals surface area contributed by atoms with E-state index in [9.17, 15) is 19.2 Å². The van der Waals surface area contributed by atoms with E-state index in [1.165, 1.54) is 0 Å². The number of hydrogen-bond donors (Lipinski definition) is 2. The summed E-state index contributed by atoms with van der Waals surface area (Å²) >= 11 is 2.09. The van der Waals surface area contributed by atoms with Gasteiger partial charge in [0.15, 0.2) is 5.78 Å². The second kappa shape index (κ2) is 13.7. The summed E-state index contributed by atoms with van der Waals surface area (Å²) in [5, 5.41) is 2.96. The van der Waals surface area contributed by atoms with Crippen LogP contribution in [0.25, 0.3) is 0 Å². The van der Waals surface area contributed by atoms with Crippen molar-refractivity contribution >= 4 is 46.1 Å². The molecule has 3 rings (SSSR count). The number of benzene rings is 2. The van der Waals surface area contributed by atoms with E-state index in [2.05, 4.69) is 27.9 Å². The van der Waals surface area contributed by atoms with Gasteiger partial charge in [-0.2, -0.15) is 0 Å². The molecule has 0 spiro atoms. The van der Waals surface area contributed by atoms with Crippen molar-refractivity contribution in [2.75, 3.05) is 11.0 Å². The van der Waals surface area contributed by atoms with Crippen molar-refractivity contribution in [2.24, 2.45) is 23.5 Å². The molecule has 1 fully saturated rings. The fraction of sp³-hybridized carbons (Fsp3) is 0.448. The van der Waals surface area contributed by atoms with Crippen LogP contribution in [-0.4, -0.2) is 45.4 Å². The molecule has 1 heterocycles. The largest absolute Gasteiger partial charge is 0.369 e. The lowest BCUT2D eigenvalue weighted by molar-refractivity contribution is -0.139. The summed E-state index contributed by atoms with van der Waals surface area (Å²) in [7, 11) is 0. The normalized spacial score (nSPS) is 17.7. The molecule has 3 amide bonds. The Morgan fingerprint density at radius 1 is 1.03 bits per heavy atom. The van der Waals surface area contributed by atoms with Gasteiger partial charge in [0, 0.05) is 28.6 Å². The quantitative estimate of drug-likeness (QED) is 0.225. The number of hydrogen-bond acceptors (Lipinski definition) is 4. The first-order valence-electron chi connectivity index (χ1n) is 12.8.